The molecule has 0 saturated carbocycles. The van der Waals surface area contributed by atoms with Crippen molar-refractivity contribution in [1.82, 2.24) is 4.90 Å². The summed E-state index contributed by atoms with van der Waals surface area (Å²) in [6.45, 7) is 3.22. The molecule has 0 spiro atoms. The zero-order valence-corrected chi connectivity index (χ0v) is 19.6. The Labute approximate surface area is 194 Å². The average Bonchev–Trinajstić information content (AvgIpc) is 2.70. The smallest absolute Gasteiger partial charge is 0.229 e. The van der Waals surface area contributed by atoms with E-state index < -0.39 is 0 Å². The van der Waals surface area contributed by atoms with E-state index in [0.717, 1.165) is 18.5 Å². The van der Waals surface area contributed by atoms with Gasteiger partial charge in [-0.1, -0.05) is 60.2 Å². The highest BCUT2D eigenvalue weighted by molar-refractivity contribution is 6.40. The number of hydrogen-bond donors (Lipinski definition) is 0. The van der Waals surface area contributed by atoms with Crippen LogP contribution in [0.1, 0.15) is 30.9 Å². The van der Waals surface area contributed by atoms with Gasteiger partial charge in [-0.15, -0.1) is 0 Å². The normalized spacial score (nSPS) is 18.8. The van der Waals surface area contributed by atoms with Crippen molar-refractivity contribution in [3.63, 3.8) is 0 Å². The third kappa shape index (κ3) is 6.01. The maximum atomic E-state index is 14.1. The Kier molecular flexibility index (Phi) is 8.00. The number of halogens is 3. The highest BCUT2D eigenvalue weighted by Crippen LogP contribution is 2.39. The number of carbonyl (C=O) groups is 1. The monoisotopic (exact) mass is 460 g/mol. The van der Waals surface area contributed by atoms with Crippen LogP contribution < -0.4 is 4.90 Å². The molecule has 1 fully saturated rings. The molecule has 0 aromatic heterocycles. The third-order valence-corrected chi connectivity index (χ3v) is 6.06. The molecule has 1 aliphatic heterocycles. The molecule has 2 aromatic carbocycles. The fourth-order valence-electron chi connectivity index (χ4n) is 3.95. The van der Waals surface area contributed by atoms with E-state index in [0.29, 0.717) is 40.7 Å². The van der Waals surface area contributed by atoms with Crippen LogP contribution in [0.15, 0.2) is 36.4 Å². The van der Waals surface area contributed by atoms with Crippen molar-refractivity contribution in [3.05, 3.63) is 63.4 Å². The predicted molar refractivity (Wildman–Crippen MR) is 126 cm³/mol. The van der Waals surface area contributed by atoms with Crippen molar-refractivity contribution in [3.8, 4) is 11.8 Å². The summed E-state index contributed by atoms with van der Waals surface area (Å²) in [5, 5.41) is 0.799. The van der Waals surface area contributed by atoms with E-state index in [4.69, 9.17) is 23.2 Å². The molecule has 1 amide bonds. The van der Waals surface area contributed by atoms with Gasteiger partial charge < -0.3 is 9.80 Å². The molecule has 1 heterocycles. The lowest BCUT2D eigenvalue weighted by Crippen LogP contribution is -2.45. The van der Waals surface area contributed by atoms with Crippen LogP contribution in [0.3, 0.4) is 0 Å². The van der Waals surface area contributed by atoms with E-state index >= 15 is 0 Å². The quantitative estimate of drug-likeness (QED) is 0.536. The summed E-state index contributed by atoms with van der Waals surface area (Å²) in [7, 11) is 4.00. The molecule has 0 N–H and O–H groups in total. The molecule has 2 atom stereocenters. The van der Waals surface area contributed by atoms with Crippen LogP contribution in [0.5, 0.6) is 0 Å². The van der Waals surface area contributed by atoms with Crippen molar-refractivity contribution in [2.45, 2.75) is 26.2 Å². The molecule has 2 aromatic rings. The van der Waals surface area contributed by atoms with Crippen molar-refractivity contribution in [2.75, 3.05) is 32.1 Å². The summed E-state index contributed by atoms with van der Waals surface area (Å²) < 4.78 is 14.1. The van der Waals surface area contributed by atoms with Gasteiger partial charge in [-0.05, 0) is 56.6 Å². The summed E-state index contributed by atoms with van der Waals surface area (Å²) in [5.74, 6) is 5.90. The minimum atomic E-state index is -0.216. The molecule has 31 heavy (non-hydrogen) atoms. The van der Waals surface area contributed by atoms with Crippen LogP contribution in [0.4, 0.5) is 10.1 Å². The van der Waals surface area contributed by atoms with Gasteiger partial charge in [0, 0.05) is 31.0 Å². The predicted octanol–water partition coefficient (Wildman–Crippen LogP) is 5.67. The standard InChI is InChI=1S/C25H27Cl2FN2O/c1-17-12-19(13-20-9-4-5-10-23(20)28)16-30(25(17)31)24-21(26)14-18(15-22(24)27)8-6-7-11-29(2)3/h4-5,9-10,14-15,17,19H,7,11-13,16H2,1-3H3/t17-,19-/m1/s1. The van der Waals surface area contributed by atoms with Crippen molar-refractivity contribution >= 4 is 34.8 Å². The SMILES string of the molecule is C[C@@H]1C[C@H](Cc2ccccc2F)CN(c2c(Cl)cc(C#CCCN(C)C)cc2Cl)C1=O. The van der Waals surface area contributed by atoms with Gasteiger partial charge >= 0.3 is 0 Å². The number of amides is 1. The van der Waals surface area contributed by atoms with E-state index in [2.05, 4.69) is 16.7 Å². The Morgan fingerprint density at radius 3 is 2.52 bits per heavy atom. The summed E-state index contributed by atoms with van der Waals surface area (Å²) in [5.41, 5.74) is 1.89. The highest BCUT2D eigenvalue weighted by atomic mass is 35.5. The largest absolute Gasteiger partial charge is 0.309 e. The number of rotatable bonds is 5. The van der Waals surface area contributed by atoms with Crippen molar-refractivity contribution in [2.24, 2.45) is 11.8 Å². The van der Waals surface area contributed by atoms with Crippen molar-refractivity contribution in [1.29, 1.82) is 0 Å². The molecule has 1 aliphatic rings. The summed E-state index contributed by atoms with van der Waals surface area (Å²) in [6, 6.07) is 10.3. The zero-order chi connectivity index (χ0) is 22.5. The van der Waals surface area contributed by atoms with E-state index in [1.165, 1.54) is 6.07 Å². The summed E-state index contributed by atoms with van der Waals surface area (Å²) in [4.78, 5) is 16.7. The van der Waals surface area contributed by atoms with Gasteiger partial charge in [0.2, 0.25) is 5.91 Å². The number of piperidine rings is 1. The van der Waals surface area contributed by atoms with E-state index in [-0.39, 0.29) is 23.6 Å². The second-order valence-electron chi connectivity index (χ2n) is 8.39. The average molecular weight is 461 g/mol. The number of benzene rings is 2. The number of nitrogens with zero attached hydrogens (tertiary/aromatic N) is 2. The first-order valence-electron chi connectivity index (χ1n) is 10.4. The highest BCUT2D eigenvalue weighted by Gasteiger charge is 2.34. The molecular formula is C25H27Cl2FN2O. The summed E-state index contributed by atoms with van der Waals surface area (Å²) in [6.07, 6.45) is 2.00. The number of hydrogen-bond acceptors (Lipinski definition) is 2. The fraction of sp³-hybridized carbons (Fsp3) is 0.400. The molecule has 6 heteroatoms. The van der Waals surface area contributed by atoms with Crippen LogP contribution >= 0.6 is 23.2 Å². The first kappa shape index (κ1) is 23.6. The maximum Gasteiger partial charge on any atom is 0.229 e. The van der Waals surface area contributed by atoms with Crippen LogP contribution in [0.25, 0.3) is 0 Å². The lowest BCUT2D eigenvalue weighted by atomic mass is 9.85. The molecule has 0 aliphatic carbocycles. The first-order valence-corrected chi connectivity index (χ1v) is 11.2. The Morgan fingerprint density at radius 1 is 1.19 bits per heavy atom. The minimum absolute atomic E-state index is 0.0154. The van der Waals surface area contributed by atoms with Crippen LogP contribution in [-0.2, 0) is 11.2 Å². The zero-order valence-electron chi connectivity index (χ0n) is 18.1. The maximum absolute atomic E-state index is 14.1. The van der Waals surface area contributed by atoms with Crippen LogP contribution in [-0.4, -0.2) is 38.0 Å². The Hall–Kier alpha value is -2.06. The van der Waals surface area contributed by atoms with Gasteiger partial charge in [0.1, 0.15) is 5.82 Å². The lowest BCUT2D eigenvalue weighted by molar-refractivity contribution is -0.124. The van der Waals surface area contributed by atoms with E-state index in [1.807, 2.05) is 27.1 Å². The fourth-order valence-corrected chi connectivity index (χ4v) is 4.64. The lowest BCUT2D eigenvalue weighted by Gasteiger charge is -2.37. The topological polar surface area (TPSA) is 23.6 Å². The van der Waals surface area contributed by atoms with Crippen LogP contribution in [0, 0.1) is 29.5 Å². The Bertz CT molecular complexity index is 989. The first-order chi connectivity index (χ1) is 14.8. The van der Waals surface area contributed by atoms with Gasteiger partial charge in [0.25, 0.3) is 0 Å². The molecule has 3 rings (SSSR count). The molecule has 0 radical (unpaired) electrons. The molecule has 0 bridgehead atoms. The van der Waals surface area contributed by atoms with Crippen molar-refractivity contribution < 1.29 is 9.18 Å². The molecule has 1 saturated heterocycles. The Balaban J connectivity index is 1.82. The van der Waals surface area contributed by atoms with Gasteiger partial charge in [0.05, 0.1) is 15.7 Å². The van der Waals surface area contributed by atoms with Gasteiger partial charge in [-0.25, -0.2) is 4.39 Å². The van der Waals surface area contributed by atoms with E-state index in [1.54, 1.807) is 29.2 Å². The van der Waals surface area contributed by atoms with Gasteiger partial charge in [-0.2, -0.15) is 0 Å². The molecule has 164 valence electrons. The number of carbonyl (C=O) groups excluding carboxylic acids is 1. The molecular weight excluding hydrogens is 434 g/mol. The van der Waals surface area contributed by atoms with Crippen LogP contribution in [0.2, 0.25) is 10.0 Å². The molecule has 0 unspecified atom stereocenters. The van der Waals surface area contributed by atoms with Gasteiger partial charge in [-0.3, -0.25) is 4.79 Å². The minimum Gasteiger partial charge on any atom is -0.309 e. The molecule has 3 nitrogen and oxygen atoms in total. The number of anilines is 1. The Morgan fingerprint density at radius 2 is 1.87 bits per heavy atom. The van der Waals surface area contributed by atoms with E-state index in [9.17, 15) is 9.18 Å². The summed E-state index contributed by atoms with van der Waals surface area (Å²) >= 11 is 13.1. The van der Waals surface area contributed by atoms with Gasteiger partial charge in [0.15, 0.2) is 0 Å². The third-order valence-electron chi connectivity index (χ3n) is 5.49. The second kappa shape index (κ2) is 10.5. The second-order valence-corrected chi connectivity index (χ2v) is 9.21.